The van der Waals surface area contributed by atoms with Crippen molar-refractivity contribution in [2.24, 2.45) is 0 Å². The smallest absolute Gasteiger partial charge is 0.356 e. The SMILES string of the molecule is CNc1nc2ccc(-c3cc(NC(=O)c4cc(F)cc(C(F)(F)F)c4)c4c(c3)C(=O)NC4c3cc(F)ccc3Cl)cn2n1. The maximum atomic E-state index is 14.2. The summed E-state index contributed by atoms with van der Waals surface area (Å²) in [7, 11) is 1.65. The number of fused-ring (bicyclic) bond motifs is 2. The van der Waals surface area contributed by atoms with Gasteiger partial charge in [-0.3, -0.25) is 9.59 Å². The number of halogens is 6. The minimum Gasteiger partial charge on any atom is -0.356 e. The topological polar surface area (TPSA) is 100 Å². The molecule has 5 aromatic rings. The first-order valence-electron chi connectivity index (χ1n) is 12.6. The number of alkyl halides is 3. The van der Waals surface area contributed by atoms with Gasteiger partial charge in [-0.2, -0.15) is 18.2 Å². The van der Waals surface area contributed by atoms with E-state index >= 15 is 0 Å². The summed E-state index contributed by atoms with van der Waals surface area (Å²) in [4.78, 5) is 30.8. The van der Waals surface area contributed by atoms with Crippen LogP contribution < -0.4 is 16.0 Å². The molecule has 43 heavy (non-hydrogen) atoms. The monoisotopic (exact) mass is 612 g/mol. The van der Waals surface area contributed by atoms with E-state index in [1.807, 2.05) is 0 Å². The molecule has 3 aromatic carbocycles. The number of nitrogens with one attached hydrogen (secondary N) is 3. The highest BCUT2D eigenvalue weighted by Crippen LogP contribution is 2.42. The molecule has 0 spiro atoms. The number of hydrogen-bond acceptors (Lipinski definition) is 5. The van der Waals surface area contributed by atoms with Gasteiger partial charge in [0.1, 0.15) is 11.6 Å². The van der Waals surface area contributed by atoms with Crippen LogP contribution in [0.25, 0.3) is 16.8 Å². The van der Waals surface area contributed by atoms with E-state index in [-0.39, 0.29) is 33.5 Å². The van der Waals surface area contributed by atoms with E-state index in [0.29, 0.717) is 34.9 Å². The fourth-order valence-corrected chi connectivity index (χ4v) is 5.14. The molecule has 0 bridgehead atoms. The number of carbonyl (C=O) groups is 2. The van der Waals surface area contributed by atoms with Crippen molar-refractivity contribution in [2.45, 2.75) is 12.2 Å². The summed E-state index contributed by atoms with van der Waals surface area (Å²) in [5.41, 5.74) is 0.0293. The molecule has 3 N–H and O–H groups in total. The first-order valence-corrected chi connectivity index (χ1v) is 13.0. The lowest BCUT2D eigenvalue weighted by Gasteiger charge is -2.19. The molecule has 1 unspecified atom stereocenters. The Bertz CT molecular complexity index is 1960. The molecule has 3 heterocycles. The highest BCUT2D eigenvalue weighted by Gasteiger charge is 2.36. The highest BCUT2D eigenvalue weighted by molar-refractivity contribution is 6.31. The molecule has 1 aliphatic heterocycles. The molecule has 0 aliphatic carbocycles. The fourth-order valence-electron chi connectivity index (χ4n) is 4.91. The minimum absolute atomic E-state index is 0.00796. The molecule has 1 atom stereocenters. The molecule has 1 aliphatic rings. The first-order chi connectivity index (χ1) is 20.4. The van der Waals surface area contributed by atoms with Gasteiger partial charge in [-0.05, 0) is 66.2 Å². The Balaban J connectivity index is 1.51. The van der Waals surface area contributed by atoms with Crippen LogP contribution in [0.1, 0.15) is 43.4 Å². The van der Waals surface area contributed by atoms with Crippen LogP contribution in [0.15, 0.2) is 66.9 Å². The second-order valence-electron chi connectivity index (χ2n) is 9.64. The van der Waals surface area contributed by atoms with Crippen LogP contribution >= 0.6 is 11.6 Å². The maximum absolute atomic E-state index is 14.2. The van der Waals surface area contributed by atoms with Crippen molar-refractivity contribution < 1.29 is 31.5 Å². The molecule has 0 saturated carbocycles. The molecule has 0 radical (unpaired) electrons. The average molecular weight is 613 g/mol. The van der Waals surface area contributed by atoms with E-state index < -0.39 is 46.8 Å². The second-order valence-corrected chi connectivity index (χ2v) is 10.1. The van der Waals surface area contributed by atoms with Gasteiger partial charge in [0.25, 0.3) is 11.8 Å². The van der Waals surface area contributed by atoms with Gasteiger partial charge in [0, 0.05) is 51.8 Å². The van der Waals surface area contributed by atoms with Gasteiger partial charge < -0.3 is 16.0 Å². The van der Waals surface area contributed by atoms with Gasteiger partial charge in [-0.25, -0.2) is 13.3 Å². The Labute approximate surface area is 244 Å². The van der Waals surface area contributed by atoms with Crippen LogP contribution in [0.3, 0.4) is 0 Å². The number of rotatable bonds is 5. The van der Waals surface area contributed by atoms with Gasteiger partial charge in [0.15, 0.2) is 5.65 Å². The number of anilines is 2. The third kappa shape index (κ3) is 5.23. The number of benzene rings is 3. The molecule has 218 valence electrons. The molecule has 0 saturated heterocycles. The number of pyridine rings is 1. The van der Waals surface area contributed by atoms with Gasteiger partial charge in [-0.15, -0.1) is 5.10 Å². The van der Waals surface area contributed by atoms with Gasteiger partial charge in [-0.1, -0.05) is 11.6 Å². The largest absolute Gasteiger partial charge is 0.416 e. The Morgan fingerprint density at radius 3 is 2.53 bits per heavy atom. The van der Waals surface area contributed by atoms with Crippen molar-refractivity contribution in [3.8, 4) is 11.1 Å². The van der Waals surface area contributed by atoms with Crippen LogP contribution in [0.2, 0.25) is 5.02 Å². The third-order valence-electron chi connectivity index (χ3n) is 6.88. The maximum Gasteiger partial charge on any atom is 0.416 e. The van der Waals surface area contributed by atoms with E-state index in [9.17, 15) is 31.5 Å². The third-order valence-corrected chi connectivity index (χ3v) is 7.23. The zero-order valence-electron chi connectivity index (χ0n) is 21.9. The van der Waals surface area contributed by atoms with E-state index in [2.05, 4.69) is 26.0 Å². The predicted octanol–water partition coefficient (Wildman–Crippen LogP) is 6.47. The van der Waals surface area contributed by atoms with Gasteiger partial charge >= 0.3 is 6.18 Å². The molecule has 8 nitrogen and oxygen atoms in total. The van der Waals surface area contributed by atoms with Gasteiger partial charge in [0.2, 0.25) is 5.95 Å². The van der Waals surface area contributed by atoms with Crippen molar-refractivity contribution in [3.05, 3.63) is 111 Å². The number of hydrogen-bond donors (Lipinski definition) is 3. The predicted molar refractivity (Wildman–Crippen MR) is 148 cm³/mol. The van der Waals surface area contributed by atoms with Crippen molar-refractivity contribution in [1.82, 2.24) is 19.9 Å². The normalized spacial score (nSPS) is 14.5. The molecule has 6 rings (SSSR count). The summed E-state index contributed by atoms with van der Waals surface area (Å²) in [5.74, 6) is -3.17. The zero-order valence-corrected chi connectivity index (χ0v) is 22.6. The van der Waals surface area contributed by atoms with Crippen LogP contribution in [0.4, 0.5) is 33.6 Å². The Kier molecular flexibility index (Phi) is 6.76. The quantitative estimate of drug-likeness (QED) is 0.198. The van der Waals surface area contributed by atoms with E-state index in [4.69, 9.17) is 11.6 Å². The summed E-state index contributed by atoms with van der Waals surface area (Å²) in [6.45, 7) is 0. The minimum atomic E-state index is -4.90. The second kappa shape index (κ2) is 10.3. The van der Waals surface area contributed by atoms with Crippen LogP contribution in [0, 0.1) is 11.6 Å². The van der Waals surface area contributed by atoms with Crippen LogP contribution in [-0.4, -0.2) is 33.5 Å². The van der Waals surface area contributed by atoms with Crippen molar-refractivity contribution in [2.75, 3.05) is 17.7 Å². The average Bonchev–Trinajstić information content (AvgIpc) is 3.53. The number of amides is 2. The zero-order chi connectivity index (χ0) is 30.6. The fraction of sp³-hybridized carbons (Fsp3) is 0.103. The molecular weight excluding hydrogens is 595 g/mol. The summed E-state index contributed by atoms with van der Waals surface area (Å²) >= 11 is 6.34. The van der Waals surface area contributed by atoms with E-state index in [1.54, 1.807) is 31.4 Å². The lowest BCUT2D eigenvalue weighted by molar-refractivity contribution is -0.137. The Morgan fingerprint density at radius 1 is 1.00 bits per heavy atom. The molecule has 2 amide bonds. The Hall–Kier alpha value is -5.04. The highest BCUT2D eigenvalue weighted by atomic mass is 35.5. The van der Waals surface area contributed by atoms with Crippen molar-refractivity contribution in [1.29, 1.82) is 0 Å². The lowest BCUT2D eigenvalue weighted by atomic mass is 9.93. The standard InChI is InChI=1S/C29H18ClF5N6O2/c1-36-28-38-23-5-2-13(12-41(23)40-28)14-8-20-24(25(39-27(20)43)19-11-17(31)3-4-21(19)30)22(9-14)37-26(42)15-6-16(29(33,34)35)10-18(32)7-15/h2-12,25H,1H3,(H,36,40)(H,37,42)(H,39,43). The van der Waals surface area contributed by atoms with E-state index in [1.165, 1.54) is 16.6 Å². The van der Waals surface area contributed by atoms with E-state index in [0.717, 1.165) is 12.1 Å². The van der Waals surface area contributed by atoms with Crippen LogP contribution in [0.5, 0.6) is 0 Å². The molecule has 14 heteroatoms. The van der Waals surface area contributed by atoms with Crippen molar-refractivity contribution >= 4 is 40.7 Å². The molecule has 0 fully saturated rings. The van der Waals surface area contributed by atoms with Gasteiger partial charge in [0.05, 0.1) is 11.6 Å². The lowest BCUT2D eigenvalue weighted by Crippen LogP contribution is -2.21. The number of carbonyl (C=O) groups excluding carboxylic acids is 2. The van der Waals surface area contributed by atoms with Crippen LogP contribution in [-0.2, 0) is 6.18 Å². The summed E-state index contributed by atoms with van der Waals surface area (Å²) in [5, 5.41) is 12.5. The molecular formula is C29H18ClF5N6O2. The number of aromatic nitrogens is 3. The van der Waals surface area contributed by atoms with Crippen molar-refractivity contribution in [3.63, 3.8) is 0 Å². The summed E-state index contributed by atoms with van der Waals surface area (Å²) in [6, 6.07) is 10.4. The Morgan fingerprint density at radius 2 is 1.79 bits per heavy atom. The number of nitrogens with zero attached hydrogens (tertiary/aromatic N) is 3. The molecule has 2 aromatic heterocycles. The summed E-state index contributed by atoms with van der Waals surface area (Å²) < 4.78 is 69.9. The summed E-state index contributed by atoms with van der Waals surface area (Å²) in [6.07, 6.45) is -3.27. The first kappa shape index (κ1) is 28.1.